The van der Waals surface area contributed by atoms with Gasteiger partial charge in [0.1, 0.15) is 6.17 Å². The lowest BCUT2D eigenvalue weighted by atomic mass is 10.2. The zero-order valence-electron chi connectivity index (χ0n) is 4.87. The first kappa shape index (κ1) is 7.86. The summed E-state index contributed by atoms with van der Waals surface area (Å²) in [4.78, 5) is 0. The molecule has 2 heteroatoms. The molecule has 49 valence electrons. The molecule has 0 bridgehead atoms. The summed E-state index contributed by atoms with van der Waals surface area (Å²) >= 11 is 0. The van der Waals surface area contributed by atoms with Crippen molar-refractivity contribution in [1.82, 2.24) is 0 Å². The SMILES string of the molecule is [CH2]C(F)CCCCF. The zero-order chi connectivity index (χ0) is 6.41. The van der Waals surface area contributed by atoms with Gasteiger partial charge in [-0.15, -0.1) is 0 Å². The lowest BCUT2D eigenvalue weighted by Gasteiger charge is -1.96. The van der Waals surface area contributed by atoms with Gasteiger partial charge in [0.05, 0.1) is 6.67 Å². The fourth-order valence-electron chi connectivity index (χ4n) is 0.460. The highest BCUT2D eigenvalue weighted by Gasteiger charge is 1.95. The van der Waals surface area contributed by atoms with Crippen LogP contribution in [0, 0.1) is 6.92 Å². The van der Waals surface area contributed by atoms with E-state index in [2.05, 4.69) is 6.92 Å². The maximum Gasteiger partial charge on any atom is 0.100 e. The second kappa shape index (κ2) is 5.01. The highest BCUT2D eigenvalue weighted by Crippen LogP contribution is 2.02. The van der Waals surface area contributed by atoms with Gasteiger partial charge >= 0.3 is 0 Å². The predicted octanol–water partition coefficient (Wildman–Crippen LogP) is 2.30. The van der Waals surface area contributed by atoms with Crippen LogP contribution in [-0.4, -0.2) is 12.8 Å². The molecule has 0 rings (SSSR count). The van der Waals surface area contributed by atoms with E-state index in [1.807, 2.05) is 0 Å². The van der Waals surface area contributed by atoms with Crippen molar-refractivity contribution < 1.29 is 8.78 Å². The molecule has 0 heterocycles. The van der Waals surface area contributed by atoms with E-state index in [1.54, 1.807) is 0 Å². The zero-order valence-corrected chi connectivity index (χ0v) is 4.87. The summed E-state index contributed by atoms with van der Waals surface area (Å²) in [6, 6.07) is 0. The molecular formula is C6H11F2. The Hall–Kier alpha value is -0.140. The molecule has 0 spiro atoms. The van der Waals surface area contributed by atoms with E-state index in [9.17, 15) is 8.78 Å². The van der Waals surface area contributed by atoms with Gasteiger partial charge in [-0.3, -0.25) is 4.39 Å². The number of alkyl halides is 2. The molecule has 0 aliphatic carbocycles. The van der Waals surface area contributed by atoms with Crippen molar-refractivity contribution in [3.05, 3.63) is 6.92 Å². The third-order valence-electron chi connectivity index (χ3n) is 0.901. The summed E-state index contributed by atoms with van der Waals surface area (Å²) in [5, 5.41) is 0. The van der Waals surface area contributed by atoms with Crippen LogP contribution >= 0.6 is 0 Å². The van der Waals surface area contributed by atoms with Gasteiger partial charge in [-0.05, 0) is 26.2 Å². The minimum atomic E-state index is -1.01. The molecule has 0 aliphatic rings. The van der Waals surface area contributed by atoms with Crippen LogP contribution in [0.2, 0.25) is 0 Å². The molecule has 0 aromatic carbocycles. The van der Waals surface area contributed by atoms with Crippen molar-refractivity contribution in [2.45, 2.75) is 25.4 Å². The largest absolute Gasteiger partial charge is 0.251 e. The molecule has 0 saturated carbocycles. The van der Waals surface area contributed by atoms with Crippen molar-refractivity contribution in [2.75, 3.05) is 6.67 Å². The molecule has 0 saturated heterocycles. The molecule has 0 N–H and O–H groups in total. The topological polar surface area (TPSA) is 0 Å². The first-order valence-electron chi connectivity index (χ1n) is 2.80. The molecule has 0 fully saturated rings. The first-order valence-corrected chi connectivity index (χ1v) is 2.80. The van der Waals surface area contributed by atoms with Crippen molar-refractivity contribution in [1.29, 1.82) is 0 Å². The number of hydrogen-bond acceptors (Lipinski definition) is 0. The van der Waals surface area contributed by atoms with Crippen LogP contribution < -0.4 is 0 Å². The lowest BCUT2D eigenvalue weighted by molar-refractivity contribution is 0.352. The van der Waals surface area contributed by atoms with Crippen LogP contribution in [0.3, 0.4) is 0 Å². The van der Waals surface area contributed by atoms with E-state index in [0.29, 0.717) is 19.3 Å². The Morgan fingerprint density at radius 3 is 2.38 bits per heavy atom. The Balaban J connectivity index is 2.72. The van der Waals surface area contributed by atoms with Crippen LogP contribution in [0.4, 0.5) is 8.78 Å². The lowest BCUT2D eigenvalue weighted by Crippen LogP contribution is -1.91. The summed E-state index contributed by atoms with van der Waals surface area (Å²) in [7, 11) is 0. The van der Waals surface area contributed by atoms with E-state index >= 15 is 0 Å². The quantitative estimate of drug-likeness (QED) is 0.500. The Morgan fingerprint density at radius 2 is 2.00 bits per heavy atom. The molecule has 0 amide bonds. The third-order valence-corrected chi connectivity index (χ3v) is 0.901. The highest BCUT2D eigenvalue weighted by molar-refractivity contribution is 4.56. The van der Waals surface area contributed by atoms with Crippen LogP contribution in [0.25, 0.3) is 0 Å². The van der Waals surface area contributed by atoms with Crippen LogP contribution in [0.5, 0.6) is 0 Å². The summed E-state index contributed by atoms with van der Waals surface area (Å²) in [6.07, 6.45) is 0.461. The van der Waals surface area contributed by atoms with Gasteiger partial charge in [0, 0.05) is 0 Å². The van der Waals surface area contributed by atoms with Gasteiger partial charge in [-0.25, -0.2) is 4.39 Å². The second-order valence-electron chi connectivity index (χ2n) is 1.78. The third kappa shape index (κ3) is 5.86. The summed E-state index contributed by atoms with van der Waals surface area (Å²) in [5.74, 6) is 0. The molecule has 1 radical (unpaired) electrons. The fourth-order valence-corrected chi connectivity index (χ4v) is 0.460. The summed E-state index contributed by atoms with van der Waals surface area (Å²) in [5.41, 5.74) is 0. The molecule has 1 unspecified atom stereocenters. The highest BCUT2D eigenvalue weighted by atomic mass is 19.1. The molecule has 0 nitrogen and oxygen atoms in total. The van der Waals surface area contributed by atoms with Gasteiger partial charge in [-0.2, -0.15) is 0 Å². The minimum Gasteiger partial charge on any atom is -0.251 e. The number of unbranched alkanes of at least 4 members (excludes halogenated alkanes) is 1. The standard InChI is InChI=1S/C6H11F2/c1-6(8)4-2-3-5-7/h6H,1-5H2. The van der Waals surface area contributed by atoms with Crippen molar-refractivity contribution in [3.63, 3.8) is 0 Å². The van der Waals surface area contributed by atoms with Crippen molar-refractivity contribution >= 4 is 0 Å². The molecule has 0 aromatic heterocycles. The van der Waals surface area contributed by atoms with E-state index in [1.165, 1.54) is 0 Å². The van der Waals surface area contributed by atoms with Gasteiger partial charge in [-0.1, -0.05) is 0 Å². The van der Waals surface area contributed by atoms with Crippen LogP contribution in [0.1, 0.15) is 19.3 Å². The maximum absolute atomic E-state index is 11.8. The molecule has 0 aliphatic heterocycles. The van der Waals surface area contributed by atoms with Gasteiger partial charge < -0.3 is 0 Å². The normalized spacial score (nSPS) is 13.9. The summed E-state index contributed by atoms with van der Waals surface area (Å²) in [6.45, 7) is 2.78. The maximum atomic E-state index is 11.8. The van der Waals surface area contributed by atoms with E-state index in [-0.39, 0.29) is 6.67 Å². The van der Waals surface area contributed by atoms with E-state index in [4.69, 9.17) is 0 Å². The van der Waals surface area contributed by atoms with Crippen LogP contribution in [0.15, 0.2) is 0 Å². The van der Waals surface area contributed by atoms with Crippen molar-refractivity contribution in [3.8, 4) is 0 Å². The average Bonchev–Trinajstić information content (AvgIpc) is 1.66. The second-order valence-corrected chi connectivity index (χ2v) is 1.78. The monoisotopic (exact) mass is 121 g/mol. The Labute approximate surface area is 48.9 Å². The number of rotatable bonds is 4. The van der Waals surface area contributed by atoms with Gasteiger partial charge in [0.25, 0.3) is 0 Å². The Morgan fingerprint density at radius 1 is 1.38 bits per heavy atom. The smallest absolute Gasteiger partial charge is 0.100 e. The fraction of sp³-hybridized carbons (Fsp3) is 0.833. The van der Waals surface area contributed by atoms with Gasteiger partial charge in [0.15, 0.2) is 0 Å². The number of halogens is 2. The number of hydrogen-bond donors (Lipinski definition) is 0. The Kier molecular flexibility index (Phi) is 4.92. The Bertz CT molecular complexity index is 43.8. The summed E-state index contributed by atoms with van der Waals surface area (Å²) < 4.78 is 23.1. The molecule has 1 atom stereocenters. The molecular weight excluding hydrogens is 110 g/mol. The molecule has 8 heavy (non-hydrogen) atoms. The average molecular weight is 121 g/mol. The van der Waals surface area contributed by atoms with Crippen molar-refractivity contribution in [2.24, 2.45) is 0 Å². The van der Waals surface area contributed by atoms with E-state index in [0.717, 1.165) is 0 Å². The molecule has 0 aromatic rings. The van der Waals surface area contributed by atoms with Gasteiger partial charge in [0.2, 0.25) is 0 Å². The first-order chi connectivity index (χ1) is 3.77. The minimum absolute atomic E-state index is 0.341. The van der Waals surface area contributed by atoms with E-state index < -0.39 is 6.17 Å². The van der Waals surface area contributed by atoms with Crippen LogP contribution in [-0.2, 0) is 0 Å². The predicted molar refractivity (Wildman–Crippen MR) is 30.1 cm³/mol.